The van der Waals surface area contributed by atoms with Gasteiger partial charge in [0, 0.05) is 43.6 Å². The van der Waals surface area contributed by atoms with Crippen LogP contribution in [0.1, 0.15) is 25.1 Å². The minimum atomic E-state index is -0.591. The molecule has 1 saturated heterocycles. The Morgan fingerprint density at radius 3 is 2.50 bits per heavy atom. The maximum absolute atomic E-state index is 13.0. The molecule has 3 rings (SSSR count). The molecule has 1 unspecified atom stereocenters. The second-order valence-corrected chi connectivity index (χ2v) is 6.74. The lowest BCUT2D eigenvalue weighted by molar-refractivity contribution is -0.134. The second kappa shape index (κ2) is 7.64. The van der Waals surface area contributed by atoms with Crippen molar-refractivity contribution in [3.8, 4) is 5.75 Å². The molecule has 26 heavy (non-hydrogen) atoms. The number of carbonyl (C=O) groups excluding carboxylic acids is 1. The average Bonchev–Trinajstić information content (AvgIpc) is 2.87. The van der Waals surface area contributed by atoms with Gasteiger partial charge in [0.05, 0.1) is 0 Å². The first-order valence-corrected chi connectivity index (χ1v) is 8.98. The normalized spacial score (nSPS) is 16.2. The highest BCUT2D eigenvalue weighted by molar-refractivity contribution is 5.80. The summed E-state index contributed by atoms with van der Waals surface area (Å²) >= 11 is 0. The fourth-order valence-electron chi connectivity index (χ4n) is 3.60. The Balaban J connectivity index is 1.73. The van der Waals surface area contributed by atoms with Crippen molar-refractivity contribution in [1.82, 2.24) is 9.47 Å². The van der Waals surface area contributed by atoms with Gasteiger partial charge in [-0.3, -0.25) is 9.59 Å². The summed E-state index contributed by atoms with van der Waals surface area (Å²) < 4.78 is 1.45. The van der Waals surface area contributed by atoms with Crippen LogP contribution in [0, 0.1) is 6.92 Å². The number of amides is 1. The third-order valence-corrected chi connectivity index (χ3v) is 4.92. The molecule has 2 heterocycles. The van der Waals surface area contributed by atoms with Gasteiger partial charge in [-0.15, -0.1) is 0 Å². The number of carbonyl (C=O) groups is 1. The lowest BCUT2D eigenvalue weighted by atomic mass is 10.2. The summed E-state index contributed by atoms with van der Waals surface area (Å²) in [6.07, 6.45) is 0.886. The predicted octanol–water partition coefficient (Wildman–Crippen LogP) is 2.16. The van der Waals surface area contributed by atoms with Gasteiger partial charge in [0.15, 0.2) is 0 Å². The predicted molar refractivity (Wildman–Crippen MR) is 102 cm³/mol. The highest BCUT2D eigenvalue weighted by Crippen LogP contribution is 2.19. The SMILES string of the molecule is Cc1cc(O)cc(=O)n1C(C)C(=O)N1CCCN(c2ccccc2)CC1. The monoisotopic (exact) mass is 355 g/mol. The van der Waals surface area contributed by atoms with E-state index in [1.54, 1.807) is 13.8 Å². The minimum absolute atomic E-state index is 0.0594. The fourth-order valence-corrected chi connectivity index (χ4v) is 3.60. The van der Waals surface area contributed by atoms with Gasteiger partial charge in [0.1, 0.15) is 11.8 Å². The van der Waals surface area contributed by atoms with Crippen molar-refractivity contribution in [2.24, 2.45) is 0 Å². The lowest BCUT2D eigenvalue weighted by Crippen LogP contribution is -2.41. The van der Waals surface area contributed by atoms with Crippen LogP contribution in [0.4, 0.5) is 5.69 Å². The van der Waals surface area contributed by atoms with Gasteiger partial charge < -0.3 is 19.5 Å². The van der Waals surface area contributed by atoms with E-state index in [1.807, 2.05) is 23.1 Å². The summed E-state index contributed by atoms with van der Waals surface area (Å²) in [5.41, 5.74) is 1.39. The number of rotatable bonds is 3. The summed E-state index contributed by atoms with van der Waals surface area (Å²) in [5, 5.41) is 9.55. The molecule has 0 bridgehead atoms. The summed E-state index contributed by atoms with van der Waals surface area (Å²) in [6, 6.07) is 12.3. The van der Waals surface area contributed by atoms with E-state index in [0.29, 0.717) is 18.8 Å². The topological polar surface area (TPSA) is 65.8 Å². The zero-order valence-corrected chi connectivity index (χ0v) is 15.3. The number of aryl methyl sites for hydroxylation is 1. The lowest BCUT2D eigenvalue weighted by Gasteiger charge is -2.27. The van der Waals surface area contributed by atoms with E-state index in [-0.39, 0.29) is 17.2 Å². The highest BCUT2D eigenvalue weighted by Gasteiger charge is 2.26. The quantitative estimate of drug-likeness (QED) is 0.916. The zero-order chi connectivity index (χ0) is 18.7. The van der Waals surface area contributed by atoms with Gasteiger partial charge in [-0.1, -0.05) is 18.2 Å². The van der Waals surface area contributed by atoms with Crippen molar-refractivity contribution in [1.29, 1.82) is 0 Å². The van der Waals surface area contributed by atoms with Gasteiger partial charge in [-0.05, 0) is 38.5 Å². The molecular weight excluding hydrogens is 330 g/mol. The highest BCUT2D eigenvalue weighted by atomic mass is 16.3. The number of nitrogens with zero attached hydrogens (tertiary/aromatic N) is 3. The molecule has 1 atom stereocenters. The molecule has 6 nitrogen and oxygen atoms in total. The van der Waals surface area contributed by atoms with Crippen LogP contribution in [-0.2, 0) is 4.79 Å². The maximum Gasteiger partial charge on any atom is 0.255 e. The number of pyridine rings is 1. The summed E-state index contributed by atoms with van der Waals surface area (Å²) in [7, 11) is 0. The minimum Gasteiger partial charge on any atom is -0.508 e. The molecule has 1 aliphatic rings. The van der Waals surface area contributed by atoms with Gasteiger partial charge in [0.25, 0.3) is 5.56 Å². The van der Waals surface area contributed by atoms with Crippen LogP contribution in [-0.4, -0.2) is 46.7 Å². The van der Waals surface area contributed by atoms with E-state index in [2.05, 4.69) is 17.0 Å². The molecule has 1 aromatic carbocycles. The second-order valence-electron chi connectivity index (χ2n) is 6.74. The summed E-state index contributed by atoms with van der Waals surface area (Å²) in [4.78, 5) is 29.3. The van der Waals surface area contributed by atoms with E-state index >= 15 is 0 Å². The van der Waals surface area contributed by atoms with Crippen LogP contribution in [0.25, 0.3) is 0 Å². The Kier molecular flexibility index (Phi) is 5.30. The Hall–Kier alpha value is -2.76. The average molecular weight is 355 g/mol. The van der Waals surface area contributed by atoms with E-state index in [1.165, 1.54) is 16.3 Å². The van der Waals surface area contributed by atoms with Crippen LogP contribution >= 0.6 is 0 Å². The first-order valence-electron chi connectivity index (χ1n) is 8.98. The molecule has 0 spiro atoms. The van der Waals surface area contributed by atoms with E-state index in [0.717, 1.165) is 25.6 Å². The van der Waals surface area contributed by atoms with Gasteiger partial charge in [-0.2, -0.15) is 0 Å². The zero-order valence-electron chi connectivity index (χ0n) is 15.3. The van der Waals surface area contributed by atoms with E-state index in [4.69, 9.17) is 0 Å². The van der Waals surface area contributed by atoms with Crippen LogP contribution in [0.2, 0.25) is 0 Å². The smallest absolute Gasteiger partial charge is 0.255 e. The molecular formula is C20H25N3O3. The van der Waals surface area contributed by atoms with Crippen LogP contribution in [0.3, 0.4) is 0 Å². The molecule has 2 aromatic rings. The number of benzene rings is 1. The molecule has 0 radical (unpaired) electrons. The van der Waals surface area contributed by atoms with Gasteiger partial charge >= 0.3 is 0 Å². The van der Waals surface area contributed by atoms with Crippen LogP contribution in [0.5, 0.6) is 5.75 Å². The Labute approximate surface area is 153 Å². The number of aromatic hydroxyl groups is 1. The van der Waals surface area contributed by atoms with Crippen molar-refractivity contribution in [3.05, 3.63) is 58.5 Å². The largest absolute Gasteiger partial charge is 0.508 e. The number of anilines is 1. The molecule has 6 heteroatoms. The molecule has 1 amide bonds. The van der Waals surface area contributed by atoms with Gasteiger partial charge in [0.2, 0.25) is 5.91 Å². The Morgan fingerprint density at radius 1 is 1.08 bits per heavy atom. The number of aromatic nitrogens is 1. The maximum atomic E-state index is 13.0. The van der Waals surface area contributed by atoms with Crippen molar-refractivity contribution in [3.63, 3.8) is 0 Å². The van der Waals surface area contributed by atoms with Crippen molar-refractivity contribution in [2.75, 3.05) is 31.1 Å². The van der Waals surface area contributed by atoms with Crippen molar-refractivity contribution in [2.45, 2.75) is 26.3 Å². The van der Waals surface area contributed by atoms with Crippen molar-refractivity contribution >= 4 is 11.6 Å². The molecule has 0 saturated carbocycles. The molecule has 1 fully saturated rings. The standard InChI is InChI=1S/C20H25N3O3/c1-15-13-18(24)14-19(25)23(15)16(2)20(26)22-10-6-9-21(11-12-22)17-7-4-3-5-8-17/h3-5,7-8,13-14,16,24H,6,9-12H2,1-2H3. The molecule has 1 aliphatic heterocycles. The summed E-state index contributed by atoms with van der Waals surface area (Å²) in [5.74, 6) is -0.132. The number of para-hydroxylation sites is 1. The van der Waals surface area contributed by atoms with E-state index in [9.17, 15) is 14.7 Å². The summed E-state index contributed by atoms with van der Waals surface area (Å²) in [6.45, 7) is 6.45. The van der Waals surface area contributed by atoms with Crippen LogP contribution < -0.4 is 10.5 Å². The Morgan fingerprint density at radius 2 is 1.81 bits per heavy atom. The molecule has 1 aromatic heterocycles. The first kappa shape index (κ1) is 18.0. The van der Waals surface area contributed by atoms with Crippen molar-refractivity contribution < 1.29 is 9.90 Å². The van der Waals surface area contributed by atoms with Gasteiger partial charge in [-0.25, -0.2) is 0 Å². The van der Waals surface area contributed by atoms with E-state index < -0.39 is 6.04 Å². The number of hydrogen-bond donors (Lipinski definition) is 1. The molecule has 138 valence electrons. The Bertz CT molecular complexity index is 832. The fraction of sp³-hybridized carbons (Fsp3) is 0.400. The third kappa shape index (κ3) is 3.74. The van der Waals surface area contributed by atoms with Crippen LogP contribution in [0.15, 0.2) is 47.3 Å². The molecule has 0 aliphatic carbocycles. The number of hydrogen-bond acceptors (Lipinski definition) is 4. The first-order chi connectivity index (χ1) is 12.5. The molecule has 1 N–H and O–H groups in total. The third-order valence-electron chi connectivity index (χ3n) is 4.92.